The van der Waals surface area contributed by atoms with Crippen LogP contribution >= 0.6 is 0 Å². The third kappa shape index (κ3) is 3.12. The number of aromatic nitrogens is 3. The van der Waals surface area contributed by atoms with E-state index in [-0.39, 0.29) is 0 Å². The summed E-state index contributed by atoms with van der Waals surface area (Å²) >= 11 is 0. The first-order valence-electron chi connectivity index (χ1n) is 9.02. The van der Waals surface area contributed by atoms with Crippen molar-refractivity contribution in [3.8, 4) is 0 Å². The van der Waals surface area contributed by atoms with E-state index >= 15 is 0 Å². The topological polar surface area (TPSA) is 46.0 Å². The maximum atomic E-state index is 4.97. The summed E-state index contributed by atoms with van der Waals surface area (Å²) in [7, 11) is 2.23. The van der Waals surface area contributed by atoms with Gasteiger partial charge in [-0.2, -0.15) is 0 Å². The molecule has 2 aliphatic rings. The second-order valence-corrected chi connectivity index (χ2v) is 7.18. The zero-order valence-electron chi connectivity index (χ0n) is 14.0. The molecule has 2 aromatic rings. The van der Waals surface area contributed by atoms with Gasteiger partial charge in [-0.3, -0.25) is 0 Å². The number of nitrogens with one attached hydrogen (secondary N) is 1. The molecule has 2 fully saturated rings. The van der Waals surface area contributed by atoms with Crippen molar-refractivity contribution in [1.82, 2.24) is 24.8 Å². The number of nitrogens with zero attached hydrogens (tertiary/aromatic N) is 4. The Bertz CT molecular complexity index is 650. The van der Waals surface area contributed by atoms with E-state index < -0.39 is 0 Å². The fraction of sp³-hybridized carbons (Fsp3) is 0.667. The lowest BCUT2D eigenvalue weighted by molar-refractivity contribution is 0.215. The predicted molar refractivity (Wildman–Crippen MR) is 92.6 cm³/mol. The van der Waals surface area contributed by atoms with E-state index in [4.69, 9.17) is 4.98 Å². The number of fused-ring (bicyclic) bond motifs is 1. The summed E-state index contributed by atoms with van der Waals surface area (Å²) in [5, 5.41) is 3.47. The largest absolute Gasteiger partial charge is 0.317 e. The van der Waals surface area contributed by atoms with Gasteiger partial charge in [0.15, 0.2) is 5.65 Å². The average Bonchev–Trinajstić information content (AvgIpc) is 2.95. The van der Waals surface area contributed by atoms with E-state index in [1.54, 1.807) is 0 Å². The van der Waals surface area contributed by atoms with E-state index in [0.29, 0.717) is 6.04 Å². The van der Waals surface area contributed by atoms with Gasteiger partial charge in [0, 0.05) is 18.7 Å². The molecule has 5 heteroatoms. The van der Waals surface area contributed by atoms with E-state index in [1.807, 2.05) is 12.3 Å². The molecule has 0 radical (unpaired) electrons. The van der Waals surface area contributed by atoms with Crippen molar-refractivity contribution < 1.29 is 0 Å². The number of hydrogen-bond donors (Lipinski definition) is 1. The Labute approximate surface area is 138 Å². The van der Waals surface area contributed by atoms with Gasteiger partial charge < -0.3 is 14.8 Å². The number of pyridine rings is 1. The van der Waals surface area contributed by atoms with Crippen LogP contribution in [0.25, 0.3) is 11.2 Å². The van der Waals surface area contributed by atoms with E-state index in [2.05, 4.69) is 32.9 Å². The Morgan fingerprint density at radius 2 is 1.96 bits per heavy atom. The number of imidazole rings is 1. The minimum Gasteiger partial charge on any atom is -0.317 e. The minimum atomic E-state index is 0.553. The molecule has 0 aromatic carbocycles. The van der Waals surface area contributed by atoms with Crippen molar-refractivity contribution in [2.45, 2.75) is 38.1 Å². The quantitative estimate of drug-likeness (QED) is 0.944. The molecule has 0 amide bonds. The highest BCUT2D eigenvalue weighted by Crippen LogP contribution is 2.29. The van der Waals surface area contributed by atoms with E-state index in [9.17, 15) is 0 Å². The van der Waals surface area contributed by atoms with Gasteiger partial charge in [0.25, 0.3) is 0 Å². The molecule has 4 heterocycles. The van der Waals surface area contributed by atoms with Gasteiger partial charge in [-0.15, -0.1) is 0 Å². The first-order valence-corrected chi connectivity index (χ1v) is 9.02. The summed E-state index contributed by atoms with van der Waals surface area (Å²) in [6, 6.07) is 4.66. The first kappa shape index (κ1) is 15.1. The summed E-state index contributed by atoms with van der Waals surface area (Å²) in [5.74, 6) is 2.03. The highest BCUT2D eigenvalue weighted by molar-refractivity contribution is 5.71. The summed E-state index contributed by atoms with van der Waals surface area (Å²) in [5.41, 5.74) is 2.15. The van der Waals surface area contributed by atoms with Gasteiger partial charge in [0.2, 0.25) is 0 Å². The van der Waals surface area contributed by atoms with Crippen LogP contribution in [0.3, 0.4) is 0 Å². The van der Waals surface area contributed by atoms with Crippen LogP contribution in [0.2, 0.25) is 0 Å². The van der Waals surface area contributed by atoms with Crippen molar-refractivity contribution in [2.24, 2.45) is 5.92 Å². The molecule has 0 atom stereocenters. The fourth-order valence-electron chi connectivity index (χ4n) is 4.09. The van der Waals surface area contributed by atoms with Crippen LogP contribution < -0.4 is 5.32 Å². The summed E-state index contributed by atoms with van der Waals surface area (Å²) < 4.78 is 2.47. The van der Waals surface area contributed by atoms with Crippen LogP contribution in [0.15, 0.2) is 18.3 Å². The molecule has 0 aliphatic carbocycles. The Balaban J connectivity index is 1.64. The normalized spacial score (nSPS) is 22.0. The van der Waals surface area contributed by atoms with Gasteiger partial charge in [0.05, 0.1) is 0 Å². The number of piperidine rings is 2. The maximum Gasteiger partial charge on any atom is 0.160 e. The molecule has 0 unspecified atom stereocenters. The standard InChI is InChI=1S/C18H27N5/c1-22-11-6-14(7-12-22)13-17-21-16-3-2-8-20-18(16)23(17)15-4-9-19-10-5-15/h2-3,8,14-15,19H,4-7,9-13H2,1H3. The van der Waals surface area contributed by atoms with Crippen molar-refractivity contribution in [3.05, 3.63) is 24.2 Å². The van der Waals surface area contributed by atoms with Crippen molar-refractivity contribution in [3.63, 3.8) is 0 Å². The number of hydrogen-bond acceptors (Lipinski definition) is 4. The predicted octanol–water partition coefficient (Wildman–Crippen LogP) is 2.24. The van der Waals surface area contributed by atoms with Gasteiger partial charge in [-0.25, -0.2) is 9.97 Å². The van der Waals surface area contributed by atoms with Gasteiger partial charge in [-0.1, -0.05) is 0 Å². The van der Waals surface area contributed by atoms with E-state index in [1.165, 1.54) is 44.6 Å². The monoisotopic (exact) mass is 313 g/mol. The Kier molecular flexibility index (Phi) is 4.31. The van der Waals surface area contributed by atoms with Crippen LogP contribution in [0.1, 0.15) is 37.5 Å². The first-order chi connectivity index (χ1) is 11.3. The molecule has 0 bridgehead atoms. The van der Waals surface area contributed by atoms with Gasteiger partial charge >= 0.3 is 0 Å². The summed E-state index contributed by atoms with van der Waals surface area (Å²) in [6.45, 7) is 4.64. The molecule has 4 rings (SSSR count). The molecule has 2 aliphatic heterocycles. The molecule has 1 N–H and O–H groups in total. The molecule has 0 saturated carbocycles. The van der Waals surface area contributed by atoms with E-state index in [0.717, 1.165) is 36.6 Å². The molecule has 5 nitrogen and oxygen atoms in total. The molecular weight excluding hydrogens is 286 g/mol. The fourth-order valence-corrected chi connectivity index (χ4v) is 4.09. The highest BCUT2D eigenvalue weighted by Gasteiger charge is 2.25. The molecular formula is C18H27N5. The molecule has 2 aromatic heterocycles. The second kappa shape index (κ2) is 6.57. The summed E-state index contributed by atoms with van der Waals surface area (Å²) in [6.07, 6.45) is 7.96. The van der Waals surface area contributed by atoms with Crippen molar-refractivity contribution in [2.75, 3.05) is 33.2 Å². The van der Waals surface area contributed by atoms with Crippen LogP contribution in [-0.2, 0) is 6.42 Å². The average molecular weight is 313 g/mol. The molecule has 2 saturated heterocycles. The third-order valence-electron chi connectivity index (χ3n) is 5.51. The van der Waals surface area contributed by atoms with Crippen molar-refractivity contribution >= 4 is 11.2 Å². The van der Waals surface area contributed by atoms with Gasteiger partial charge in [0.1, 0.15) is 11.3 Å². The van der Waals surface area contributed by atoms with Crippen LogP contribution in [0.5, 0.6) is 0 Å². The van der Waals surface area contributed by atoms with Crippen LogP contribution in [0.4, 0.5) is 0 Å². The lowest BCUT2D eigenvalue weighted by atomic mass is 9.93. The molecule has 23 heavy (non-hydrogen) atoms. The smallest absolute Gasteiger partial charge is 0.160 e. The third-order valence-corrected chi connectivity index (χ3v) is 5.51. The van der Waals surface area contributed by atoms with Crippen LogP contribution in [0, 0.1) is 5.92 Å². The SMILES string of the molecule is CN1CCC(Cc2nc3cccnc3n2C2CCNCC2)CC1. The Morgan fingerprint density at radius 3 is 2.74 bits per heavy atom. The number of likely N-dealkylation sites (tertiary alicyclic amines) is 1. The zero-order valence-corrected chi connectivity index (χ0v) is 14.0. The molecule has 124 valence electrons. The Hall–Kier alpha value is -1.46. The second-order valence-electron chi connectivity index (χ2n) is 7.18. The lowest BCUT2D eigenvalue weighted by Gasteiger charge is -2.30. The van der Waals surface area contributed by atoms with Crippen LogP contribution in [-0.4, -0.2) is 52.7 Å². The maximum absolute atomic E-state index is 4.97. The van der Waals surface area contributed by atoms with Crippen molar-refractivity contribution in [1.29, 1.82) is 0 Å². The molecule has 0 spiro atoms. The Morgan fingerprint density at radius 1 is 1.17 bits per heavy atom. The number of rotatable bonds is 3. The highest BCUT2D eigenvalue weighted by atomic mass is 15.2. The lowest BCUT2D eigenvalue weighted by Crippen LogP contribution is -2.32. The zero-order chi connectivity index (χ0) is 15.6. The van der Waals surface area contributed by atoms with Gasteiger partial charge in [-0.05, 0) is 77.0 Å². The minimum absolute atomic E-state index is 0.553. The summed E-state index contributed by atoms with van der Waals surface area (Å²) in [4.78, 5) is 12.1.